The van der Waals surface area contributed by atoms with E-state index in [4.69, 9.17) is 24.6 Å². The summed E-state index contributed by atoms with van der Waals surface area (Å²) >= 11 is 0. The lowest BCUT2D eigenvalue weighted by molar-refractivity contribution is -0.297. The van der Waals surface area contributed by atoms with Crippen LogP contribution in [0, 0.1) is 112 Å². The van der Waals surface area contributed by atoms with Crippen molar-refractivity contribution in [3.05, 3.63) is 35.9 Å². The molecule has 0 aliphatic heterocycles. The maximum absolute atomic E-state index is 9.83. The van der Waals surface area contributed by atoms with Crippen molar-refractivity contribution in [3.8, 4) is 48.6 Å². The van der Waals surface area contributed by atoms with Crippen molar-refractivity contribution in [2.24, 2.45) is 21.7 Å². The summed E-state index contributed by atoms with van der Waals surface area (Å²) in [5.41, 5.74) is -5.26. The van der Waals surface area contributed by atoms with Gasteiger partial charge in [0.2, 0.25) is 0 Å². The Kier molecular flexibility index (Phi) is 31.7. The highest BCUT2D eigenvalue weighted by molar-refractivity contribution is 5.24. The second kappa shape index (κ2) is 33.8. The SMILES string of the molecule is CC(C)(C#N)ON(C1CCCCC1)C(c1ccccc1)C(C)(C)C#N.CC(N(OC(C)(C)C#N)C(C)(C)C)C(C)(C)C#N.CC(N(OC(C)(C)C#N)C1CCCCC1)C(C)(C)C#N.CCC(C#N)(CC)ON(C(C)C(C#N)(CC)CC)C(C)(C)C. The molecule has 0 spiro atoms. The van der Waals surface area contributed by atoms with Crippen LogP contribution in [0.15, 0.2) is 30.3 Å². The minimum absolute atomic E-state index is 0.0526. The third-order valence-electron chi connectivity index (χ3n) is 17.0. The molecule has 0 aromatic heterocycles. The second-order valence-electron chi connectivity index (χ2n) is 28.7. The van der Waals surface area contributed by atoms with E-state index in [0.717, 1.165) is 56.9 Å². The number of benzene rings is 1. The molecule has 0 saturated heterocycles. The molecule has 4 unspecified atom stereocenters. The number of hydrogen-bond acceptors (Lipinski definition) is 16. The van der Waals surface area contributed by atoms with Gasteiger partial charge in [0.15, 0.2) is 22.4 Å². The van der Waals surface area contributed by atoms with E-state index in [1.54, 1.807) is 46.6 Å². The summed E-state index contributed by atoms with van der Waals surface area (Å²) in [6.45, 7) is 48.3. The van der Waals surface area contributed by atoms with Gasteiger partial charge in [0.05, 0.1) is 94.4 Å². The number of rotatable bonds is 23. The zero-order valence-electron chi connectivity index (χ0n) is 57.7. The van der Waals surface area contributed by atoms with Crippen LogP contribution in [-0.2, 0) is 19.4 Å². The number of nitrogens with zero attached hydrogens (tertiary/aromatic N) is 12. The van der Waals surface area contributed by atoms with E-state index in [2.05, 4.69) is 69.3 Å². The van der Waals surface area contributed by atoms with E-state index in [-0.39, 0.29) is 41.3 Å². The molecule has 1 aromatic rings. The average Bonchev–Trinajstić information content (AvgIpc) is 2.07. The third-order valence-corrected chi connectivity index (χ3v) is 17.0. The molecule has 0 radical (unpaired) electrons. The molecule has 0 N–H and O–H groups in total. The van der Waals surface area contributed by atoms with Gasteiger partial charge in [-0.1, -0.05) is 96.6 Å². The van der Waals surface area contributed by atoms with Crippen molar-refractivity contribution >= 4 is 0 Å². The first kappa shape index (κ1) is 79.8. The van der Waals surface area contributed by atoms with Crippen LogP contribution in [0.25, 0.3) is 0 Å². The highest BCUT2D eigenvalue weighted by Gasteiger charge is 2.47. The van der Waals surface area contributed by atoms with Crippen molar-refractivity contribution in [3.63, 3.8) is 0 Å². The van der Waals surface area contributed by atoms with Crippen molar-refractivity contribution in [2.75, 3.05) is 0 Å². The molecule has 16 nitrogen and oxygen atoms in total. The summed E-state index contributed by atoms with van der Waals surface area (Å²) < 4.78 is 0. The van der Waals surface area contributed by atoms with E-state index in [1.165, 1.54) is 25.7 Å². The molecule has 474 valence electrons. The van der Waals surface area contributed by atoms with E-state index >= 15 is 0 Å². The minimum Gasteiger partial charge on any atom is -0.277 e. The quantitative estimate of drug-likeness (QED) is 0.0925. The van der Waals surface area contributed by atoms with E-state index < -0.39 is 44.1 Å². The average molecular weight is 1180 g/mol. The molecular formula is C69H114N12O4. The van der Waals surface area contributed by atoms with E-state index in [1.807, 2.05) is 156 Å². The standard InChI is InChI=1S/C21H29N3O.C18H33N3O.C16H27N3O.C14H25N3O/c1-20(2,15-22)19(17-11-7-5-8-12-17)24(25-21(3,4)16-23)18-13-9-6-10-14-18;1-9-17(10-2,13-19)15(5)21(16(6,7)8)22-18(11-3,12-4)14-20;1-13(15(2,3)11-17)19(20-16(4,5)12-18)14-9-7-6-8-10-14;1-11(13(5,6)9-15)17(12(2,3)4)18-14(7,8)10-16/h5,7-8,11-12,18-19H,6,9-10,13-14H2,1-4H3;15H,9-12H2,1-8H3;13-14H,6-10H2,1-5H3;11H,1-8H3. The lowest BCUT2D eigenvalue weighted by Crippen LogP contribution is -2.56. The molecule has 0 amide bonds. The second-order valence-corrected chi connectivity index (χ2v) is 28.7. The Morgan fingerprint density at radius 2 is 0.753 bits per heavy atom. The molecule has 4 atom stereocenters. The molecule has 2 aliphatic rings. The molecule has 2 fully saturated rings. The van der Waals surface area contributed by atoms with Crippen LogP contribution in [0.1, 0.15) is 275 Å². The van der Waals surface area contributed by atoms with E-state index in [0.29, 0.717) is 18.9 Å². The first-order valence-corrected chi connectivity index (χ1v) is 31.3. The Morgan fingerprint density at radius 1 is 0.400 bits per heavy atom. The first-order chi connectivity index (χ1) is 39.0. The van der Waals surface area contributed by atoms with Gasteiger partial charge >= 0.3 is 0 Å². The van der Waals surface area contributed by atoms with Gasteiger partial charge in [-0.05, 0) is 202 Å². The van der Waals surface area contributed by atoms with Crippen LogP contribution < -0.4 is 0 Å². The summed E-state index contributed by atoms with van der Waals surface area (Å²) in [6, 6.07) is 28.6. The van der Waals surface area contributed by atoms with Gasteiger partial charge in [-0.2, -0.15) is 62.3 Å². The molecule has 2 saturated carbocycles. The molecule has 1 aromatic carbocycles. The third kappa shape index (κ3) is 24.1. The fraction of sp³-hybridized carbons (Fsp3) is 0.797. The van der Waals surface area contributed by atoms with Crippen molar-refractivity contribution in [1.29, 1.82) is 42.1 Å². The Labute approximate surface area is 518 Å². The van der Waals surface area contributed by atoms with Crippen LogP contribution in [0.2, 0.25) is 0 Å². The lowest BCUT2D eigenvalue weighted by Gasteiger charge is -2.47. The molecule has 0 bridgehead atoms. The number of hydroxylamine groups is 8. The van der Waals surface area contributed by atoms with Gasteiger partial charge in [-0.25, -0.2) is 0 Å². The monoisotopic (exact) mass is 1170 g/mol. The molecular weight excluding hydrogens is 1060 g/mol. The number of hydrogen-bond donors (Lipinski definition) is 0. The molecule has 0 heterocycles. The predicted octanol–water partition coefficient (Wildman–Crippen LogP) is 17.0. The minimum atomic E-state index is -0.935. The Bertz CT molecular complexity index is 2500. The maximum atomic E-state index is 9.83. The van der Waals surface area contributed by atoms with Crippen LogP contribution in [-0.4, -0.2) is 83.9 Å². The summed E-state index contributed by atoms with van der Waals surface area (Å²) in [6.07, 6.45) is 14.2. The van der Waals surface area contributed by atoms with Crippen LogP contribution in [0.5, 0.6) is 0 Å². The molecule has 85 heavy (non-hydrogen) atoms. The zero-order chi connectivity index (χ0) is 66.3. The zero-order valence-corrected chi connectivity index (χ0v) is 57.7. The van der Waals surface area contributed by atoms with Gasteiger partial charge in [0.1, 0.15) is 0 Å². The van der Waals surface area contributed by atoms with Gasteiger partial charge in [0, 0.05) is 23.2 Å². The van der Waals surface area contributed by atoms with Crippen molar-refractivity contribution in [2.45, 2.75) is 333 Å². The Balaban J connectivity index is 0.00000112. The fourth-order valence-corrected chi connectivity index (χ4v) is 10.3. The maximum Gasteiger partial charge on any atom is 0.175 e. The van der Waals surface area contributed by atoms with Crippen LogP contribution in [0.3, 0.4) is 0 Å². The van der Waals surface area contributed by atoms with Gasteiger partial charge in [-0.3, -0.25) is 19.4 Å². The highest BCUT2D eigenvalue weighted by Crippen LogP contribution is 2.44. The van der Waals surface area contributed by atoms with Gasteiger partial charge in [0.25, 0.3) is 0 Å². The Morgan fingerprint density at radius 3 is 1.08 bits per heavy atom. The highest BCUT2D eigenvalue weighted by atomic mass is 16.7. The fourth-order valence-electron chi connectivity index (χ4n) is 10.3. The van der Waals surface area contributed by atoms with Crippen molar-refractivity contribution in [1.82, 2.24) is 20.3 Å². The predicted molar refractivity (Wildman–Crippen MR) is 337 cm³/mol. The summed E-state index contributed by atoms with van der Waals surface area (Å²) in [5.74, 6) is 0. The number of nitriles is 8. The van der Waals surface area contributed by atoms with Gasteiger partial charge < -0.3 is 0 Å². The molecule has 2 aliphatic carbocycles. The first-order valence-electron chi connectivity index (χ1n) is 31.3. The van der Waals surface area contributed by atoms with Gasteiger partial charge in [-0.15, -0.1) is 0 Å². The normalized spacial score (nSPS) is 16.7. The molecule has 16 heteroatoms. The van der Waals surface area contributed by atoms with E-state index in [9.17, 15) is 36.8 Å². The largest absolute Gasteiger partial charge is 0.277 e. The molecule has 3 rings (SSSR count). The summed E-state index contributed by atoms with van der Waals surface area (Å²) in [7, 11) is 0. The van der Waals surface area contributed by atoms with Crippen molar-refractivity contribution < 1.29 is 19.4 Å². The lowest BCUT2D eigenvalue weighted by atomic mass is 9.76. The Hall–Kier alpha value is -5.18. The van der Waals surface area contributed by atoms with Crippen LogP contribution in [0.4, 0.5) is 0 Å². The van der Waals surface area contributed by atoms with Crippen LogP contribution >= 0.6 is 0 Å². The topological polar surface area (TPSA) is 240 Å². The smallest absolute Gasteiger partial charge is 0.175 e. The summed E-state index contributed by atoms with van der Waals surface area (Å²) in [4.78, 5) is 24.3. The summed E-state index contributed by atoms with van der Waals surface area (Å²) in [5, 5.41) is 83.1.